The summed E-state index contributed by atoms with van der Waals surface area (Å²) in [4.78, 5) is 12.2. The third kappa shape index (κ3) is 2.82. The number of fused-ring (bicyclic) bond motifs is 1. The predicted octanol–water partition coefficient (Wildman–Crippen LogP) is 1.83. The number of nitrogens with one attached hydrogen (secondary N) is 2. The van der Waals surface area contributed by atoms with Crippen molar-refractivity contribution in [3.63, 3.8) is 0 Å². The Bertz CT molecular complexity index is 747. The third-order valence-electron chi connectivity index (χ3n) is 3.74. The van der Waals surface area contributed by atoms with Crippen LogP contribution in [0.25, 0.3) is 11.0 Å². The van der Waals surface area contributed by atoms with Gasteiger partial charge in [0, 0.05) is 18.5 Å². The second kappa shape index (κ2) is 6.19. The van der Waals surface area contributed by atoms with Crippen LogP contribution in [0.2, 0.25) is 0 Å². The summed E-state index contributed by atoms with van der Waals surface area (Å²) in [6.07, 6.45) is 2.04. The second-order valence-corrected chi connectivity index (χ2v) is 5.21. The molecule has 1 saturated heterocycles. The highest BCUT2D eigenvalue weighted by atomic mass is 16.5. The van der Waals surface area contributed by atoms with Crippen LogP contribution in [-0.2, 0) is 4.74 Å². The second-order valence-electron chi connectivity index (χ2n) is 5.21. The standard InChI is InChI=1S/C16H18N2O4/c1-20-13-6-2-4-10-8-12(15(17)22-14(10)13)16(19)18-9-11-5-3-7-21-11/h2,4,6,8,11,17H,3,5,7,9H2,1H3,(H,18,19). The molecule has 0 aliphatic carbocycles. The van der Waals surface area contributed by atoms with Crippen molar-refractivity contribution in [2.75, 3.05) is 20.3 Å². The quantitative estimate of drug-likeness (QED) is 0.902. The Balaban J connectivity index is 1.85. The summed E-state index contributed by atoms with van der Waals surface area (Å²) >= 11 is 0. The van der Waals surface area contributed by atoms with E-state index in [1.807, 2.05) is 12.1 Å². The van der Waals surface area contributed by atoms with Gasteiger partial charge in [0.2, 0.25) is 5.55 Å². The first-order valence-electron chi connectivity index (χ1n) is 7.24. The lowest BCUT2D eigenvalue weighted by molar-refractivity contribution is 0.0854. The Morgan fingerprint density at radius 2 is 2.36 bits per heavy atom. The molecule has 1 aromatic carbocycles. The van der Waals surface area contributed by atoms with E-state index < -0.39 is 0 Å². The van der Waals surface area contributed by atoms with Gasteiger partial charge in [-0.15, -0.1) is 0 Å². The number of ether oxygens (including phenoxy) is 2. The number of rotatable bonds is 4. The van der Waals surface area contributed by atoms with E-state index in [0.29, 0.717) is 17.9 Å². The van der Waals surface area contributed by atoms with Gasteiger partial charge in [0.15, 0.2) is 11.3 Å². The van der Waals surface area contributed by atoms with Crippen LogP contribution in [0.5, 0.6) is 5.75 Å². The molecule has 6 heteroatoms. The maximum absolute atomic E-state index is 12.2. The van der Waals surface area contributed by atoms with E-state index in [0.717, 1.165) is 24.8 Å². The molecule has 1 aliphatic heterocycles. The average molecular weight is 302 g/mol. The van der Waals surface area contributed by atoms with Crippen molar-refractivity contribution in [1.82, 2.24) is 5.32 Å². The fraction of sp³-hybridized carbons (Fsp3) is 0.375. The molecule has 1 amide bonds. The zero-order valence-electron chi connectivity index (χ0n) is 12.3. The van der Waals surface area contributed by atoms with E-state index in [2.05, 4.69) is 5.32 Å². The lowest BCUT2D eigenvalue weighted by Crippen LogP contribution is -2.34. The monoisotopic (exact) mass is 302 g/mol. The number of amides is 1. The molecule has 1 aromatic heterocycles. The number of methoxy groups -OCH3 is 1. The van der Waals surface area contributed by atoms with Gasteiger partial charge in [0.05, 0.1) is 13.2 Å². The van der Waals surface area contributed by atoms with Gasteiger partial charge in [-0.05, 0) is 25.0 Å². The molecule has 22 heavy (non-hydrogen) atoms. The summed E-state index contributed by atoms with van der Waals surface area (Å²) in [5, 5.41) is 11.4. The molecule has 0 radical (unpaired) electrons. The Hall–Kier alpha value is -2.34. The first-order valence-corrected chi connectivity index (χ1v) is 7.24. The van der Waals surface area contributed by atoms with E-state index in [1.54, 1.807) is 12.1 Å². The van der Waals surface area contributed by atoms with Crippen molar-refractivity contribution < 1.29 is 18.7 Å². The Morgan fingerprint density at radius 1 is 1.50 bits per heavy atom. The number of para-hydroxylation sites is 1. The van der Waals surface area contributed by atoms with Gasteiger partial charge >= 0.3 is 0 Å². The van der Waals surface area contributed by atoms with Crippen LogP contribution < -0.4 is 15.6 Å². The molecule has 1 unspecified atom stereocenters. The van der Waals surface area contributed by atoms with Gasteiger partial charge in [-0.1, -0.05) is 12.1 Å². The molecular formula is C16H18N2O4. The Labute approximate surface area is 127 Å². The molecule has 1 fully saturated rings. The first-order chi connectivity index (χ1) is 10.7. The van der Waals surface area contributed by atoms with Crippen LogP contribution in [0.4, 0.5) is 0 Å². The fourth-order valence-electron chi connectivity index (χ4n) is 2.57. The molecule has 6 nitrogen and oxygen atoms in total. The maximum atomic E-state index is 12.2. The minimum absolute atomic E-state index is 0.0654. The smallest absolute Gasteiger partial charge is 0.256 e. The summed E-state index contributed by atoms with van der Waals surface area (Å²) in [6.45, 7) is 1.20. The number of carbonyl (C=O) groups excluding carboxylic acids is 1. The van der Waals surface area contributed by atoms with Crippen molar-refractivity contribution >= 4 is 16.9 Å². The van der Waals surface area contributed by atoms with E-state index in [1.165, 1.54) is 7.11 Å². The van der Waals surface area contributed by atoms with Crippen LogP contribution in [0.15, 0.2) is 28.7 Å². The van der Waals surface area contributed by atoms with Gasteiger partial charge in [0.25, 0.3) is 5.91 Å². The van der Waals surface area contributed by atoms with Crippen molar-refractivity contribution in [2.24, 2.45) is 0 Å². The number of hydrogen-bond donors (Lipinski definition) is 2. The molecule has 2 aromatic rings. The Kier molecular flexibility index (Phi) is 4.11. The van der Waals surface area contributed by atoms with Gasteiger partial charge < -0.3 is 19.2 Å². The van der Waals surface area contributed by atoms with Crippen LogP contribution in [0.1, 0.15) is 23.2 Å². The molecule has 0 saturated carbocycles. The largest absolute Gasteiger partial charge is 0.493 e. The maximum Gasteiger partial charge on any atom is 0.256 e. The fourth-order valence-corrected chi connectivity index (χ4v) is 2.57. The lowest BCUT2D eigenvalue weighted by Gasteiger charge is -2.11. The first kappa shape index (κ1) is 14.6. The van der Waals surface area contributed by atoms with Gasteiger partial charge in [-0.3, -0.25) is 10.2 Å². The number of benzene rings is 1. The van der Waals surface area contributed by atoms with Gasteiger partial charge in [0.1, 0.15) is 5.56 Å². The summed E-state index contributed by atoms with van der Waals surface area (Å²) in [5.74, 6) is 0.214. The topological polar surface area (TPSA) is 84.5 Å². The summed E-state index contributed by atoms with van der Waals surface area (Å²) in [6, 6.07) is 7.03. The summed E-state index contributed by atoms with van der Waals surface area (Å²) in [5.41, 5.74) is 0.492. The van der Waals surface area contributed by atoms with Crippen molar-refractivity contribution in [1.29, 1.82) is 5.41 Å². The van der Waals surface area contributed by atoms with Crippen LogP contribution in [0.3, 0.4) is 0 Å². The molecule has 3 rings (SSSR count). The normalized spacial score (nSPS) is 17.6. The van der Waals surface area contributed by atoms with Crippen molar-refractivity contribution in [3.05, 3.63) is 35.4 Å². The zero-order valence-corrected chi connectivity index (χ0v) is 12.3. The molecule has 0 spiro atoms. The highest BCUT2D eigenvalue weighted by Gasteiger charge is 2.18. The SMILES string of the molecule is COc1cccc2cc(C(=O)NCC3CCCO3)c(=N)oc12. The van der Waals surface area contributed by atoms with Gasteiger partial charge in [-0.25, -0.2) is 0 Å². The number of carbonyl (C=O) groups is 1. The predicted molar refractivity (Wildman–Crippen MR) is 79.9 cm³/mol. The van der Waals surface area contributed by atoms with E-state index in [-0.39, 0.29) is 23.1 Å². The molecule has 2 heterocycles. The summed E-state index contributed by atoms with van der Waals surface area (Å²) < 4.78 is 16.1. The average Bonchev–Trinajstić information content (AvgIpc) is 3.05. The van der Waals surface area contributed by atoms with E-state index >= 15 is 0 Å². The molecule has 116 valence electrons. The minimum Gasteiger partial charge on any atom is -0.493 e. The van der Waals surface area contributed by atoms with Crippen LogP contribution in [0, 0.1) is 5.41 Å². The van der Waals surface area contributed by atoms with Crippen molar-refractivity contribution in [2.45, 2.75) is 18.9 Å². The lowest BCUT2D eigenvalue weighted by atomic mass is 10.1. The Morgan fingerprint density at radius 3 is 3.09 bits per heavy atom. The molecule has 0 bridgehead atoms. The zero-order chi connectivity index (χ0) is 15.5. The van der Waals surface area contributed by atoms with Crippen molar-refractivity contribution in [3.8, 4) is 5.75 Å². The van der Waals surface area contributed by atoms with Crippen LogP contribution >= 0.6 is 0 Å². The highest BCUT2D eigenvalue weighted by Crippen LogP contribution is 2.24. The van der Waals surface area contributed by atoms with Gasteiger partial charge in [-0.2, -0.15) is 0 Å². The molecule has 1 aliphatic rings. The van der Waals surface area contributed by atoms with E-state index in [4.69, 9.17) is 19.3 Å². The summed E-state index contributed by atoms with van der Waals surface area (Å²) in [7, 11) is 1.54. The minimum atomic E-state index is -0.325. The third-order valence-corrected chi connectivity index (χ3v) is 3.74. The molecular weight excluding hydrogens is 284 g/mol. The van der Waals surface area contributed by atoms with Crippen LogP contribution in [-0.4, -0.2) is 32.3 Å². The number of hydrogen-bond acceptors (Lipinski definition) is 5. The molecule has 1 atom stereocenters. The van der Waals surface area contributed by atoms with E-state index in [9.17, 15) is 4.79 Å². The highest BCUT2D eigenvalue weighted by molar-refractivity contribution is 5.97. The molecule has 2 N–H and O–H groups in total.